The molecule has 2 rings (SSSR count). The summed E-state index contributed by atoms with van der Waals surface area (Å²) < 4.78 is 10.6. The van der Waals surface area contributed by atoms with Crippen LogP contribution in [0.15, 0.2) is 16.0 Å². The minimum absolute atomic E-state index is 0.476. The Bertz CT molecular complexity index is 502. The first kappa shape index (κ1) is 12.0. The van der Waals surface area contributed by atoms with Crippen molar-refractivity contribution in [3.8, 4) is 16.4 Å². The third-order valence-electron chi connectivity index (χ3n) is 2.49. The van der Waals surface area contributed by atoms with Gasteiger partial charge < -0.3 is 15.0 Å². The van der Waals surface area contributed by atoms with Crippen molar-refractivity contribution < 1.29 is 9.26 Å². The number of nitrogens with zero attached hydrogens (tertiary/aromatic N) is 1. The molecule has 0 spiro atoms. The predicted molar refractivity (Wildman–Crippen MR) is 69.3 cm³/mol. The second kappa shape index (κ2) is 4.79. The van der Waals surface area contributed by atoms with Gasteiger partial charge >= 0.3 is 0 Å². The molecular formula is C12H16N2O2S. The Morgan fingerprint density at radius 1 is 1.53 bits per heavy atom. The molecule has 0 aliphatic carbocycles. The molecule has 0 radical (unpaired) electrons. The zero-order valence-electron chi connectivity index (χ0n) is 10.2. The number of hydrogen-bond acceptors (Lipinski definition) is 5. The Morgan fingerprint density at radius 3 is 2.94 bits per heavy atom. The number of nitrogen functional groups attached to an aromatic ring is 1. The third kappa shape index (κ3) is 2.29. The average molecular weight is 252 g/mol. The largest absolute Gasteiger partial charge is 0.495 e. The van der Waals surface area contributed by atoms with Crippen molar-refractivity contribution in [2.75, 3.05) is 12.8 Å². The molecule has 0 atom stereocenters. The number of rotatable bonds is 4. The van der Waals surface area contributed by atoms with E-state index < -0.39 is 0 Å². The fourth-order valence-corrected chi connectivity index (χ4v) is 2.59. The zero-order chi connectivity index (χ0) is 12.4. The lowest BCUT2D eigenvalue weighted by Gasteiger charge is -2.05. The minimum atomic E-state index is 0.476. The van der Waals surface area contributed by atoms with Crippen molar-refractivity contribution in [1.82, 2.24) is 5.16 Å². The lowest BCUT2D eigenvalue weighted by molar-refractivity contribution is 0.409. The quantitative estimate of drug-likeness (QED) is 0.907. The number of anilines is 1. The average Bonchev–Trinajstić information content (AvgIpc) is 2.86. The molecule has 2 heterocycles. The molecule has 2 N–H and O–H groups in total. The molecule has 0 saturated heterocycles. The van der Waals surface area contributed by atoms with Crippen molar-refractivity contribution in [3.63, 3.8) is 0 Å². The van der Waals surface area contributed by atoms with Gasteiger partial charge in [0.25, 0.3) is 0 Å². The van der Waals surface area contributed by atoms with Gasteiger partial charge in [0.05, 0.1) is 7.11 Å². The van der Waals surface area contributed by atoms with E-state index in [0.29, 0.717) is 11.7 Å². The van der Waals surface area contributed by atoms with Crippen LogP contribution in [0.3, 0.4) is 0 Å². The van der Waals surface area contributed by atoms with Crippen molar-refractivity contribution in [1.29, 1.82) is 0 Å². The summed E-state index contributed by atoms with van der Waals surface area (Å²) in [5.41, 5.74) is 6.82. The van der Waals surface area contributed by atoms with Gasteiger partial charge in [0.2, 0.25) is 0 Å². The van der Waals surface area contributed by atoms with E-state index in [1.54, 1.807) is 18.4 Å². The van der Waals surface area contributed by atoms with Gasteiger partial charge in [0.1, 0.15) is 10.6 Å². The van der Waals surface area contributed by atoms with Crippen LogP contribution in [0.5, 0.6) is 5.75 Å². The molecule has 17 heavy (non-hydrogen) atoms. The van der Waals surface area contributed by atoms with Crippen LogP contribution in [0.1, 0.15) is 19.4 Å². The van der Waals surface area contributed by atoms with E-state index in [4.69, 9.17) is 15.0 Å². The second-order valence-electron chi connectivity index (χ2n) is 4.29. The Morgan fingerprint density at radius 2 is 2.29 bits per heavy atom. The molecule has 5 heteroatoms. The summed E-state index contributed by atoms with van der Waals surface area (Å²) in [5, 5.41) is 5.82. The summed E-state index contributed by atoms with van der Waals surface area (Å²) in [7, 11) is 1.65. The highest BCUT2D eigenvalue weighted by Gasteiger charge is 2.20. The van der Waals surface area contributed by atoms with Crippen LogP contribution in [0.25, 0.3) is 10.6 Å². The molecule has 2 aromatic heterocycles. The van der Waals surface area contributed by atoms with Crippen molar-refractivity contribution >= 4 is 17.2 Å². The van der Waals surface area contributed by atoms with Crippen molar-refractivity contribution in [2.45, 2.75) is 20.3 Å². The number of hydrogen-bond donors (Lipinski definition) is 1. The van der Waals surface area contributed by atoms with Gasteiger partial charge in [0, 0.05) is 5.56 Å². The van der Waals surface area contributed by atoms with E-state index in [1.807, 2.05) is 11.4 Å². The lowest BCUT2D eigenvalue weighted by Crippen LogP contribution is -1.98. The van der Waals surface area contributed by atoms with Crippen LogP contribution in [0.2, 0.25) is 0 Å². The van der Waals surface area contributed by atoms with Crippen LogP contribution < -0.4 is 10.5 Å². The van der Waals surface area contributed by atoms with Gasteiger partial charge in [-0.1, -0.05) is 19.0 Å². The van der Waals surface area contributed by atoms with Gasteiger partial charge in [-0.25, -0.2) is 0 Å². The first-order valence-corrected chi connectivity index (χ1v) is 6.37. The maximum atomic E-state index is 5.85. The smallest absolute Gasteiger partial charge is 0.185 e. The molecule has 0 amide bonds. The number of ether oxygens (including phenoxy) is 1. The first-order chi connectivity index (χ1) is 8.13. The van der Waals surface area contributed by atoms with Crippen LogP contribution in [0.4, 0.5) is 5.82 Å². The summed E-state index contributed by atoms with van der Waals surface area (Å²) in [6.07, 6.45) is 0.853. The fraction of sp³-hybridized carbons (Fsp3) is 0.417. The summed E-state index contributed by atoms with van der Waals surface area (Å²) in [4.78, 5) is 0.951. The topological polar surface area (TPSA) is 61.3 Å². The van der Waals surface area contributed by atoms with Crippen LogP contribution in [-0.4, -0.2) is 12.3 Å². The Balaban J connectivity index is 2.45. The van der Waals surface area contributed by atoms with Gasteiger partial charge in [-0.15, -0.1) is 11.3 Å². The molecule has 0 bridgehead atoms. The maximum Gasteiger partial charge on any atom is 0.185 e. The highest BCUT2D eigenvalue weighted by molar-refractivity contribution is 7.14. The summed E-state index contributed by atoms with van der Waals surface area (Å²) >= 11 is 1.57. The monoisotopic (exact) mass is 252 g/mol. The summed E-state index contributed by atoms with van der Waals surface area (Å²) in [6.45, 7) is 4.28. The van der Waals surface area contributed by atoms with E-state index in [9.17, 15) is 0 Å². The molecule has 92 valence electrons. The molecular weight excluding hydrogens is 236 g/mol. The van der Waals surface area contributed by atoms with E-state index in [0.717, 1.165) is 28.4 Å². The Kier molecular flexibility index (Phi) is 3.38. The van der Waals surface area contributed by atoms with E-state index in [2.05, 4.69) is 19.0 Å². The third-order valence-corrected chi connectivity index (χ3v) is 3.38. The van der Waals surface area contributed by atoms with Crippen molar-refractivity contribution in [3.05, 3.63) is 17.0 Å². The highest BCUT2D eigenvalue weighted by atomic mass is 32.1. The van der Waals surface area contributed by atoms with E-state index in [-0.39, 0.29) is 0 Å². The molecule has 0 saturated carbocycles. The highest BCUT2D eigenvalue weighted by Crippen LogP contribution is 2.39. The number of methoxy groups -OCH3 is 1. The standard InChI is InChI=1S/C12H16N2O2S/c1-7(2)6-8-10(16-14-12(8)13)11-9(15-3)4-5-17-11/h4-5,7H,6H2,1-3H3,(H2,13,14). The van der Waals surface area contributed by atoms with E-state index >= 15 is 0 Å². The molecule has 0 unspecified atom stereocenters. The van der Waals surface area contributed by atoms with Gasteiger partial charge in [-0.3, -0.25) is 0 Å². The maximum absolute atomic E-state index is 5.85. The van der Waals surface area contributed by atoms with Crippen LogP contribution in [-0.2, 0) is 6.42 Å². The molecule has 4 nitrogen and oxygen atoms in total. The predicted octanol–water partition coefficient (Wildman–Crippen LogP) is 3.19. The SMILES string of the molecule is COc1ccsc1-c1onc(N)c1CC(C)C. The summed E-state index contributed by atoms with van der Waals surface area (Å²) in [5.74, 6) is 2.52. The zero-order valence-corrected chi connectivity index (χ0v) is 11.0. The molecule has 2 aromatic rings. The number of thiophene rings is 1. The normalized spacial score (nSPS) is 11.1. The Labute approximate surface area is 104 Å². The number of nitrogens with two attached hydrogens (primary N) is 1. The first-order valence-electron chi connectivity index (χ1n) is 5.49. The molecule has 0 fully saturated rings. The Hall–Kier alpha value is -1.49. The second-order valence-corrected chi connectivity index (χ2v) is 5.21. The fourth-order valence-electron chi connectivity index (χ4n) is 1.73. The minimum Gasteiger partial charge on any atom is -0.495 e. The number of aromatic nitrogens is 1. The van der Waals surface area contributed by atoms with Gasteiger partial charge in [-0.05, 0) is 23.8 Å². The summed E-state index contributed by atoms with van der Waals surface area (Å²) in [6, 6.07) is 1.91. The van der Waals surface area contributed by atoms with Crippen LogP contribution in [0, 0.1) is 5.92 Å². The van der Waals surface area contributed by atoms with E-state index in [1.165, 1.54) is 0 Å². The van der Waals surface area contributed by atoms with Gasteiger partial charge in [0.15, 0.2) is 11.6 Å². The van der Waals surface area contributed by atoms with Gasteiger partial charge in [-0.2, -0.15) is 0 Å². The molecule has 0 aromatic carbocycles. The molecule has 0 aliphatic rings. The molecule has 0 aliphatic heterocycles. The van der Waals surface area contributed by atoms with Crippen LogP contribution >= 0.6 is 11.3 Å². The lowest BCUT2D eigenvalue weighted by atomic mass is 10.0. The van der Waals surface area contributed by atoms with Crippen molar-refractivity contribution in [2.24, 2.45) is 5.92 Å².